The highest BCUT2D eigenvalue weighted by Gasteiger charge is 2.16. The second-order valence-electron chi connectivity index (χ2n) is 4.78. The van der Waals surface area contributed by atoms with E-state index in [-0.39, 0.29) is 11.8 Å². The van der Waals surface area contributed by atoms with Crippen molar-refractivity contribution in [3.8, 4) is 0 Å². The highest BCUT2D eigenvalue weighted by molar-refractivity contribution is 7.17. The maximum absolute atomic E-state index is 11.7. The van der Waals surface area contributed by atoms with Crippen molar-refractivity contribution in [2.24, 2.45) is 5.73 Å². The molecule has 5 N–H and O–H groups in total. The van der Waals surface area contributed by atoms with Crippen molar-refractivity contribution >= 4 is 34.6 Å². The summed E-state index contributed by atoms with van der Waals surface area (Å²) in [4.78, 5) is 38.2. The highest BCUT2D eigenvalue weighted by atomic mass is 32.1. The standard InChI is InChI=1S/C13H21N5O3S/c1-8(14)11(20)18-9(2)12(21)15-4-3-5-16-13-17-6-10(7-19)22-13/h6-9H,3-5,14H2,1-2H3,(H,15,21)(H,16,17)(H,18,20). The van der Waals surface area contributed by atoms with E-state index in [1.54, 1.807) is 13.8 Å². The van der Waals surface area contributed by atoms with Crippen LogP contribution in [0.5, 0.6) is 0 Å². The number of carbonyl (C=O) groups excluding carboxylic acids is 3. The number of nitrogens with zero attached hydrogens (tertiary/aromatic N) is 1. The molecule has 0 saturated carbocycles. The molecular formula is C13H21N5O3S. The number of thiazole rings is 1. The molecule has 0 fully saturated rings. The smallest absolute Gasteiger partial charge is 0.242 e. The summed E-state index contributed by atoms with van der Waals surface area (Å²) in [5.41, 5.74) is 5.41. The lowest BCUT2D eigenvalue weighted by atomic mass is 10.2. The van der Waals surface area contributed by atoms with Crippen LogP contribution in [0.1, 0.15) is 29.9 Å². The average molecular weight is 327 g/mol. The van der Waals surface area contributed by atoms with Gasteiger partial charge in [-0.3, -0.25) is 14.4 Å². The minimum Gasteiger partial charge on any atom is -0.361 e. The third-order valence-corrected chi connectivity index (χ3v) is 3.61. The first-order valence-corrected chi connectivity index (χ1v) is 7.74. The number of aromatic nitrogens is 1. The Morgan fingerprint density at radius 1 is 1.36 bits per heavy atom. The molecule has 2 unspecified atom stereocenters. The fourth-order valence-corrected chi connectivity index (χ4v) is 2.14. The van der Waals surface area contributed by atoms with Gasteiger partial charge in [-0.25, -0.2) is 4.98 Å². The fraction of sp³-hybridized carbons (Fsp3) is 0.538. The SMILES string of the molecule is CC(N)C(=O)NC(C)C(=O)NCCCNc1ncc(C=O)s1. The lowest BCUT2D eigenvalue weighted by Gasteiger charge is -2.15. The van der Waals surface area contributed by atoms with Gasteiger partial charge in [-0.05, 0) is 20.3 Å². The first kappa shape index (κ1) is 18.1. The number of amides is 2. The summed E-state index contributed by atoms with van der Waals surface area (Å²) in [6, 6.07) is -1.27. The Morgan fingerprint density at radius 2 is 2.09 bits per heavy atom. The summed E-state index contributed by atoms with van der Waals surface area (Å²) in [6.45, 7) is 4.24. The molecule has 9 heteroatoms. The summed E-state index contributed by atoms with van der Waals surface area (Å²) in [5.74, 6) is -0.620. The van der Waals surface area contributed by atoms with Gasteiger partial charge < -0.3 is 21.7 Å². The zero-order chi connectivity index (χ0) is 16.5. The summed E-state index contributed by atoms with van der Waals surface area (Å²) < 4.78 is 0. The van der Waals surface area contributed by atoms with Crippen molar-refractivity contribution in [2.75, 3.05) is 18.4 Å². The van der Waals surface area contributed by atoms with Gasteiger partial charge in [0.05, 0.1) is 17.1 Å². The molecular weight excluding hydrogens is 306 g/mol. The van der Waals surface area contributed by atoms with Crippen LogP contribution < -0.4 is 21.7 Å². The van der Waals surface area contributed by atoms with E-state index < -0.39 is 12.1 Å². The maximum atomic E-state index is 11.7. The molecule has 0 aromatic carbocycles. The normalized spacial score (nSPS) is 13.0. The van der Waals surface area contributed by atoms with E-state index >= 15 is 0 Å². The Labute approximate surface area is 132 Å². The molecule has 0 bridgehead atoms. The summed E-state index contributed by atoms with van der Waals surface area (Å²) in [6.07, 6.45) is 2.95. The van der Waals surface area contributed by atoms with Crippen LogP contribution in [-0.4, -0.2) is 48.3 Å². The van der Waals surface area contributed by atoms with Gasteiger partial charge in [-0.15, -0.1) is 0 Å². The Hall–Kier alpha value is -2.00. The minimum atomic E-state index is -0.644. The molecule has 0 aliphatic heterocycles. The Morgan fingerprint density at radius 3 is 2.68 bits per heavy atom. The number of nitrogens with one attached hydrogen (secondary N) is 3. The largest absolute Gasteiger partial charge is 0.361 e. The quantitative estimate of drug-likeness (QED) is 0.365. The monoisotopic (exact) mass is 327 g/mol. The summed E-state index contributed by atoms with van der Waals surface area (Å²) in [5, 5.41) is 8.98. The van der Waals surface area contributed by atoms with Crippen LogP contribution in [0.15, 0.2) is 6.20 Å². The number of rotatable bonds is 9. The molecule has 0 aliphatic rings. The van der Waals surface area contributed by atoms with Crippen LogP contribution >= 0.6 is 11.3 Å². The number of nitrogens with two attached hydrogens (primary N) is 1. The van der Waals surface area contributed by atoms with Crippen LogP contribution in [0.4, 0.5) is 5.13 Å². The topological polar surface area (TPSA) is 126 Å². The average Bonchev–Trinajstić information content (AvgIpc) is 2.94. The second-order valence-corrected chi connectivity index (χ2v) is 5.84. The van der Waals surface area contributed by atoms with Gasteiger partial charge in [-0.2, -0.15) is 0 Å². The molecule has 2 atom stereocenters. The minimum absolute atomic E-state index is 0.258. The Balaban J connectivity index is 2.16. The number of anilines is 1. The van der Waals surface area contributed by atoms with E-state index in [2.05, 4.69) is 20.9 Å². The van der Waals surface area contributed by atoms with Crippen LogP contribution in [0.25, 0.3) is 0 Å². The molecule has 122 valence electrons. The van der Waals surface area contributed by atoms with Gasteiger partial charge in [0.2, 0.25) is 11.8 Å². The Kier molecular flexibility index (Phi) is 7.47. The molecule has 2 amide bonds. The number of aldehydes is 1. The third-order valence-electron chi connectivity index (χ3n) is 2.73. The van der Waals surface area contributed by atoms with E-state index in [1.165, 1.54) is 17.5 Å². The Bertz CT molecular complexity index is 518. The lowest BCUT2D eigenvalue weighted by Crippen LogP contribution is -2.49. The number of hydrogen-bond acceptors (Lipinski definition) is 7. The van der Waals surface area contributed by atoms with Crippen molar-refractivity contribution in [1.82, 2.24) is 15.6 Å². The molecule has 0 radical (unpaired) electrons. The van der Waals surface area contributed by atoms with E-state index in [0.29, 0.717) is 29.5 Å². The first-order valence-electron chi connectivity index (χ1n) is 6.92. The zero-order valence-electron chi connectivity index (χ0n) is 12.6. The molecule has 8 nitrogen and oxygen atoms in total. The van der Waals surface area contributed by atoms with Gasteiger partial charge in [0.1, 0.15) is 6.04 Å². The van der Waals surface area contributed by atoms with Crippen LogP contribution in [-0.2, 0) is 9.59 Å². The van der Waals surface area contributed by atoms with E-state index in [9.17, 15) is 14.4 Å². The molecule has 1 rings (SSSR count). The molecule has 0 saturated heterocycles. The second kappa shape index (κ2) is 9.11. The van der Waals surface area contributed by atoms with Crippen LogP contribution in [0.2, 0.25) is 0 Å². The summed E-state index contributed by atoms with van der Waals surface area (Å²) in [7, 11) is 0. The zero-order valence-corrected chi connectivity index (χ0v) is 13.4. The molecule has 0 spiro atoms. The van der Waals surface area contributed by atoms with E-state index in [1.807, 2.05) is 0 Å². The molecule has 1 heterocycles. The first-order chi connectivity index (χ1) is 10.4. The predicted octanol–water partition coefficient (Wildman–Crippen LogP) is -0.274. The van der Waals surface area contributed by atoms with Crippen molar-refractivity contribution in [1.29, 1.82) is 0 Å². The van der Waals surface area contributed by atoms with Crippen molar-refractivity contribution in [3.63, 3.8) is 0 Å². The number of hydrogen-bond donors (Lipinski definition) is 4. The lowest BCUT2D eigenvalue weighted by molar-refractivity contribution is -0.129. The van der Waals surface area contributed by atoms with Gasteiger partial charge in [0.25, 0.3) is 0 Å². The predicted molar refractivity (Wildman–Crippen MR) is 84.9 cm³/mol. The summed E-state index contributed by atoms with van der Waals surface area (Å²) >= 11 is 1.27. The molecule has 1 aromatic rings. The van der Waals surface area contributed by atoms with Crippen molar-refractivity contribution in [2.45, 2.75) is 32.4 Å². The van der Waals surface area contributed by atoms with Gasteiger partial charge in [0, 0.05) is 13.1 Å². The maximum Gasteiger partial charge on any atom is 0.242 e. The fourth-order valence-electron chi connectivity index (χ4n) is 1.48. The molecule has 1 aromatic heterocycles. The molecule has 0 aliphatic carbocycles. The van der Waals surface area contributed by atoms with Crippen molar-refractivity contribution < 1.29 is 14.4 Å². The van der Waals surface area contributed by atoms with E-state index in [0.717, 1.165) is 6.29 Å². The van der Waals surface area contributed by atoms with Gasteiger partial charge >= 0.3 is 0 Å². The van der Waals surface area contributed by atoms with Crippen LogP contribution in [0, 0.1) is 0 Å². The van der Waals surface area contributed by atoms with Crippen LogP contribution in [0.3, 0.4) is 0 Å². The molecule has 22 heavy (non-hydrogen) atoms. The van der Waals surface area contributed by atoms with Gasteiger partial charge in [0.15, 0.2) is 11.4 Å². The van der Waals surface area contributed by atoms with Gasteiger partial charge in [-0.1, -0.05) is 11.3 Å². The van der Waals surface area contributed by atoms with Crippen molar-refractivity contribution in [3.05, 3.63) is 11.1 Å². The third kappa shape index (κ3) is 6.19. The highest BCUT2D eigenvalue weighted by Crippen LogP contribution is 2.15. The van der Waals surface area contributed by atoms with E-state index in [4.69, 9.17) is 5.73 Å². The number of carbonyl (C=O) groups is 3.